The molecule has 0 aliphatic carbocycles. The van der Waals surface area contributed by atoms with E-state index in [1.807, 2.05) is 39.0 Å². The summed E-state index contributed by atoms with van der Waals surface area (Å²) >= 11 is 4.64. The van der Waals surface area contributed by atoms with Crippen molar-refractivity contribution in [2.24, 2.45) is 0 Å². The van der Waals surface area contributed by atoms with Crippen LogP contribution < -0.4 is 25.0 Å². The number of aryl methyl sites for hydroxylation is 1. The van der Waals surface area contributed by atoms with E-state index in [1.165, 1.54) is 30.5 Å². The first-order chi connectivity index (χ1) is 30.1. The minimum atomic E-state index is -0.595. The molecule has 5 amide bonds. The Bertz CT molecular complexity index is 2400. The molecule has 5 aromatic rings. The number of fused-ring (bicyclic) bond motifs is 4. The van der Waals surface area contributed by atoms with Crippen LogP contribution in [0, 0.1) is 6.92 Å². The number of rotatable bonds is 16. The summed E-state index contributed by atoms with van der Waals surface area (Å²) in [6, 6.07) is 17.6. The van der Waals surface area contributed by atoms with Crippen molar-refractivity contribution in [3.63, 3.8) is 0 Å². The van der Waals surface area contributed by atoms with E-state index >= 15 is 0 Å². The molecule has 0 unspecified atom stereocenters. The smallest absolute Gasteiger partial charge is 0.415 e. The number of halogens is 1. The van der Waals surface area contributed by atoms with Crippen LogP contribution >= 0.6 is 11.6 Å². The molecule has 2 aromatic heterocycles. The number of nitrogens with zero attached hydrogens (tertiary/aromatic N) is 5. The van der Waals surface area contributed by atoms with E-state index in [9.17, 15) is 24.0 Å². The maximum Gasteiger partial charge on any atom is 0.415 e. The van der Waals surface area contributed by atoms with Gasteiger partial charge in [0.25, 0.3) is 23.6 Å². The molecule has 3 aromatic carbocycles. The van der Waals surface area contributed by atoms with Crippen molar-refractivity contribution in [3.05, 3.63) is 108 Å². The van der Waals surface area contributed by atoms with Crippen molar-refractivity contribution >= 4 is 69.1 Å². The van der Waals surface area contributed by atoms with E-state index in [-0.39, 0.29) is 62.4 Å². The summed E-state index contributed by atoms with van der Waals surface area (Å²) in [6.45, 7) is 7.90. The van der Waals surface area contributed by atoms with Crippen LogP contribution in [-0.2, 0) is 25.5 Å². The number of anilines is 2. The summed E-state index contributed by atoms with van der Waals surface area (Å²) in [5.41, 5.74) is 4.25. The molecule has 4 heterocycles. The zero-order chi connectivity index (χ0) is 44.8. The van der Waals surface area contributed by atoms with Crippen molar-refractivity contribution in [1.82, 2.24) is 24.5 Å². The van der Waals surface area contributed by atoms with Gasteiger partial charge in [-0.05, 0) is 73.3 Å². The molecule has 62 heavy (non-hydrogen) atoms. The third-order valence-corrected chi connectivity index (χ3v) is 9.88. The van der Waals surface area contributed by atoms with Gasteiger partial charge in [-0.3, -0.25) is 24.1 Å². The fourth-order valence-electron chi connectivity index (χ4n) is 6.95. The second-order valence-electron chi connectivity index (χ2n) is 13.6. The van der Waals surface area contributed by atoms with E-state index in [2.05, 4.69) is 27.2 Å². The van der Waals surface area contributed by atoms with Gasteiger partial charge in [-0.15, -0.1) is 11.6 Å². The minimum absolute atomic E-state index is 0.101. The Morgan fingerprint density at radius 1 is 0.935 bits per heavy atom. The Kier molecular flexibility index (Phi) is 17.0. The van der Waals surface area contributed by atoms with Gasteiger partial charge < -0.3 is 43.8 Å². The van der Waals surface area contributed by atoms with Gasteiger partial charge in [-0.1, -0.05) is 32.0 Å². The molecule has 0 atom stereocenters. The van der Waals surface area contributed by atoms with Crippen molar-refractivity contribution in [1.29, 1.82) is 0 Å². The Morgan fingerprint density at radius 3 is 2.39 bits per heavy atom. The second kappa shape index (κ2) is 22.5. The molecule has 328 valence electrons. The number of pyridine rings is 1. The van der Waals surface area contributed by atoms with Crippen LogP contribution in [0.1, 0.15) is 45.8 Å². The number of likely N-dealkylation sites (N-methyl/N-ethyl adjacent to an activating group) is 1. The molecule has 16 nitrogen and oxygen atoms in total. The number of imidazole rings is 1. The highest BCUT2D eigenvalue weighted by Crippen LogP contribution is 2.42. The second-order valence-corrected chi connectivity index (χ2v) is 13.6. The van der Waals surface area contributed by atoms with Crippen molar-refractivity contribution < 1.29 is 42.9 Å². The number of nitrogens with one attached hydrogen (secondary N) is 2. The molecule has 2 aliphatic rings. The third-order valence-electron chi connectivity index (χ3n) is 9.88. The summed E-state index contributed by atoms with van der Waals surface area (Å²) < 4.78 is 23.8. The summed E-state index contributed by atoms with van der Waals surface area (Å²) in [5, 5.41) is 7.59. The lowest BCUT2D eigenvalue weighted by Gasteiger charge is -2.24. The van der Waals surface area contributed by atoms with Crippen LogP contribution in [0.15, 0.2) is 85.2 Å². The van der Waals surface area contributed by atoms with Gasteiger partial charge in [0.1, 0.15) is 22.8 Å². The number of hydrogen-bond donors (Lipinski definition) is 2. The van der Waals surface area contributed by atoms with Crippen LogP contribution in [-0.4, -0.2) is 122 Å². The number of imide groups is 1. The first-order valence-electron chi connectivity index (χ1n) is 20.1. The molecule has 0 fully saturated rings. The molecule has 0 spiro atoms. The van der Waals surface area contributed by atoms with Crippen molar-refractivity contribution in [2.45, 2.75) is 27.2 Å². The van der Waals surface area contributed by atoms with E-state index in [1.54, 1.807) is 71.2 Å². The van der Waals surface area contributed by atoms with Gasteiger partial charge in [0.05, 0.1) is 31.1 Å². The molecule has 2 aliphatic heterocycles. The van der Waals surface area contributed by atoms with Gasteiger partial charge >= 0.3 is 6.09 Å². The predicted octanol–water partition coefficient (Wildman–Crippen LogP) is 6.08. The normalized spacial score (nSPS) is 12.8. The highest BCUT2D eigenvalue weighted by molar-refractivity contribution is 6.15. The first-order valence-corrected chi connectivity index (χ1v) is 20.9. The lowest BCUT2D eigenvalue weighted by Crippen LogP contribution is -2.40. The topological polar surface area (TPSA) is 173 Å². The Labute approximate surface area is 365 Å². The fraction of sp³-hybridized carbons (Fsp3) is 0.333. The Morgan fingerprint density at radius 2 is 1.68 bits per heavy atom. The number of aromatic nitrogens is 2. The lowest BCUT2D eigenvalue weighted by atomic mass is 9.97. The van der Waals surface area contributed by atoms with Gasteiger partial charge in [-0.25, -0.2) is 9.78 Å². The van der Waals surface area contributed by atoms with Crippen molar-refractivity contribution in [3.8, 4) is 11.5 Å². The Balaban J connectivity index is 0.00000176. The first kappa shape index (κ1) is 46.7. The summed E-state index contributed by atoms with van der Waals surface area (Å²) in [7, 11) is 3.31. The molecule has 0 saturated heterocycles. The van der Waals surface area contributed by atoms with Gasteiger partial charge in [0.15, 0.2) is 6.79 Å². The predicted molar refractivity (Wildman–Crippen MR) is 237 cm³/mol. The number of carbonyl (C=O) groups excluding carboxylic acids is 5. The number of alkyl halides is 1. The number of methoxy groups -OCH3 is 1. The average molecular weight is 870 g/mol. The number of carbonyl (C=O) groups is 5. The standard InChI is InChI=1S/C42H43N7O9.C2H6.CH3Cl/c1-27-5-4-6-32-35(58-42(54)46(18-16-43-2)19-21-56-22-20-49-37(50)13-14-38(49)51)23-34-31(39(27)32)15-17-48(34)41(53)33-25-47-24-29(9-12-36(47)45-33)44-40(52)28-7-10-30(11-8-28)57-26-55-3;2*1-2/h4-14,23-25,43H,15-22,26H2,1-3H3,(H,44,52);1-2H3;1H3. The zero-order valence-electron chi connectivity index (χ0n) is 35.7. The molecule has 17 heteroatoms. The fourth-order valence-corrected chi connectivity index (χ4v) is 6.95. The summed E-state index contributed by atoms with van der Waals surface area (Å²) in [6.07, 6.45) is 7.23. The van der Waals surface area contributed by atoms with Crippen molar-refractivity contribution in [2.75, 3.05) is 83.5 Å². The quantitative estimate of drug-likeness (QED) is 0.0510. The maximum absolute atomic E-state index is 14.2. The van der Waals surface area contributed by atoms with Crippen LogP contribution in [0.2, 0.25) is 0 Å². The molecular weight excluding hydrogens is 818 g/mol. The zero-order valence-corrected chi connectivity index (χ0v) is 36.5. The number of ether oxygens (including phenoxy) is 4. The van der Waals surface area contributed by atoms with Crippen LogP contribution in [0.3, 0.4) is 0 Å². The number of hydrogen-bond acceptors (Lipinski definition) is 11. The van der Waals surface area contributed by atoms with Crippen LogP contribution in [0.4, 0.5) is 16.2 Å². The molecule has 0 radical (unpaired) electrons. The minimum Gasteiger partial charge on any atom is -0.468 e. The van der Waals surface area contributed by atoms with E-state index in [0.29, 0.717) is 60.1 Å². The molecule has 2 N–H and O–H groups in total. The highest BCUT2D eigenvalue weighted by Gasteiger charge is 2.31. The van der Waals surface area contributed by atoms with Crippen LogP contribution in [0.25, 0.3) is 16.4 Å². The summed E-state index contributed by atoms with van der Waals surface area (Å²) in [4.78, 5) is 73.5. The lowest BCUT2D eigenvalue weighted by molar-refractivity contribution is -0.137. The molecule has 0 bridgehead atoms. The number of benzene rings is 3. The number of amides is 5. The maximum atomic E-state index is 14.2. The largest absolute Gasteiger partial charge is 0.468 e. The van der Waals surface area contributed by atoms with E-state index < -0.39 is 6.09 Å². The summed E-state index contributed by atoms with van der Waals surface area (Å²) in [5.74, 6) is -0.519. The Hall–Kier alpha value is -6.33. The third kappa shape index (κ3) is 10.9. The average Bonchev–Trinajstić information content (AvgIpc) is 4.01. The molecule has 7 rings (SSSR count). The SMILES string of the molecule is CC.CCl.CNCCN(CCOCCN1C(=O)C=CC1=O)C(=O)Oc1cc2c(c3c(C)cccc13)CCN2C(=O)c1cn2cc(NC(=O)c3ccc(OCOC)cc3)ccc2n1. The van der Waals surface area contributed by atoms with Gasteiger partial charge in [-0.2, -0.15) is 0 Å². The van der Waals surface area contributed by atoms with E-state index in [4.69, 9.17) is 18.9 Å². The van der Waals surface area contributed by atoms with Gasteiger partial charge in [0.2, 0.25) is 0 Å². The molecule has 0 saturated carbocycles. The van der Waals surface area contributed by atoms with Gasteiger partial charge in [0, 0.05) is 81.2 Å². The monoisotopic (exact) mass is 869 g/mol. The van der Waals surface area contributed by atoms with Crippen LogP contribution in [0.5, 0.6) is 11.5 Å². The molecular formula is C45H52ClN7O9. The highest BCUT2D eigenvalue weighted by atomic mass is 35.5. The van der Waals surface area contributed by atoms with E-state index in [0.717, 1.165) is 26.8 Å².